The molecule has 1 aromatic carbocycles. The van der Waals surface area contributed by atoms with Crippen LogP contribution >= 0.6 is 35.2 Å². The van der Waals surface area contributed by atoms with E-state index in [1.54, 1.807) is 0 Å². The van der Waals surface area contributed by atoms with Crippen molar-refractivity contribution in [2.75, 3.05) is 38.0 Å². The van der Waals surface area contributed by atoms with Crippen LogP contribution in [0, 0.1) is 0 Å². The fourth-order valence-corrected chi connectivity index (χ4v) is 5.04. The highest BCUT2D eigenvalue weighted by molar-refractivity contribution is 7.80. The summed E-state index contributed by atoms with van der Waals surface area (Å²) in [6.45, 7) is 9.97. The monoisotopic (exact) mass is 422 g/mol. The Kier molecular flexibility index (Phi) is 7.49. The van der Waals surface area contributed by atoms with Crippen molar-refractivity contribution in [3.05, 3.63) is 51.7 Å². The Hall–Kier alpha value is -1.18. The maximum absolute atomic E-state index is 6.06. The van der Waals surface area contributed by atoms with Crippen LogP contribution in [0.5, 0.6) is 0 Å². The van der Waals surface area contributed by atoms with Gasteiger partial charge >= 0.3 is 0 Å². The molecule has 1 fully saturated rings. The molecule has 3 rings (SSSR count). The largest absolute Gasteiger partial charge is 0.358 e. The van der Waals surface area contributed by atoms with Crippen LogP contribution in [0.1, 0.15) is 24.8 Å². The van der Waals surface area contributed by atoms with Crippen molar-refractivity contribution < 1.29 is 0 Å². The van der Waals surface area contributed by atoms with E-state index in [0.717, 1.165) is 38.4 Å². The number of rotatable bonds is 6. The second-order valence-electron chi connectivity index (χ2n) is 6.83. The van der Waals surface area contributed by atoms with Crippen molar-refractivity contribution in [1.29, 1.82) is 0 Å². The van der Waals surface area contributed by atoms with Gasteiger partial charge in [0.05, 0.1) is 6.04 Å². The summed E-state index contributed by atoms with van der Waals surface area (Å²) >= 11 is 13.4. The van der Waals surface area contributed by atoms with E-state index in [0.29, 0.717) is 16.2 Å². The molecular weight excluding hydrogens is 396 g/mol. The summed E-state index contributed by atoms with van der Waals surface area (Å²) in [6.07, 6.45) is 0. The van der Waals surface area contributed by atoms with Gasteiger partial charge in [-0.05, 0) is 55.3 Å². The van der Waals surface area contributed by atoms with Gasteiger partial charge in [0.1, 0.15) is 0 Å². The number of piperazine rings is 1. The van der Waals surface area contributed by atoms with Crippen molar-refractivity contribution in [3.63, 3.8) is 0 Å². The normalized spacial score (nSPS) is 18.0. The molecule has 0 unspecified atom stereocenters. The predicted molar refractivity (Wildman–Crippen MR) is 121 cm³/mol. The summed E-state index contributed by atoms with van der Waals surface area (Å²) < 4.78 is 0. The zero-order valence-electron chi connectivity index (χ0n) is 15.8. The lowest BCUT2D eigenvalue weighted by molar-refractivity contribution is 0.0883. The Morgan fingerprint density at radius 3 is 2.63 bits per heavy atom. The third kappa shape index (κ3) is 5.65. The fourth-order valence-electron chi connectivity index (χ4n) is 3.58. The molecular formula is C20H27ClN4S2. The van der Waals surface area contributed by atoms with Crippen LogP contribution in [0.2, 0.25) is 5.02 Å². The van der Waals surface area contributed by atoms with E-state index in [2.05, 4.69) is 51.8 Å². The van der Waals surface area contributed by atoms with Gasteiger partial charge in [-0.25, -0.2) is 0 Å². The molecule has 2 N–H and O–H groups in total. The third-order valence-corrected chi connectivity index (χ3v) is 6.40. The van der Waals surface area contributed by atoms with E-state index >= 15 is 0 Å². The third-order valence-electron chi connectivity index (χ3n) is 5.00. The summed E-state index contributed by atoms with van der Waals surface area (Å²) in [7, 11) is 0. The maximum atomic E-state index is 6.06. The number of thiophene rings is 1. The quantitative estimate of drug-likeness (QED) is 0.671. The van der Waals surface area contributed by atoms with Gasteiger partial charge in [0.25, 0.3) is 0 Å². The van der Waals surface area contributed by atoms with Crippen molar-refractivity contribution in [3.8, 4) is 0 Å². The van der Waals surface area contributed by atoms with E-state index in [9.17, 15) is 0 Å². The Morgan fingerprint density at radius 2 is 2.00 bits per heavy atom. The molecule has 0 amide bonds. The molecule has 0 radical (unpaired) electrons. The molecule has 0 saturated carbocycles. The molecule has 7 heteroatoms. The zero-order valence-corrected chi connectivity index (χ0v) is 18.2. The minimum atomic E-state index is 0.191. The highest BCUT2D eigenvalue weighted by Gasteiger charge is 2.30. The highest BCUT2D eigenvalue weighted by Crippen LogP contribution is 2.29. The first-order valence-corrected chi connectivity index (χ1v) is 11.1. The number of hydrogen-bond acceptors (Lipinski definition) is 4. The minimum absolute atomic E-state index is 0.191. The second-order valence-corrected chi connectivity index (χ2v) is 8.65. The molecule has 1 saturated heterocycles. The van der Waals surface area contributed by atoms with Crippen LogP contribution in [0.3, 0.4) is 0 Å². The highest BCUT2D eigenvalue weighted by atomic mass is 35.5. The van der Waals surface area contributed by atoms with Gasteiger partial charge in [-0.2, -0.15) is 0 Å². The number of nitrogens with one attached hydrogen (secondary N) is 2. The van der Waals surface area contributed by atoms with Crippen LogP contribution < -0.4 is 10.6 Å². The van der Waals surface area contributed by atoms with E-state index < -0.39 is 0 Å². The van der Waals surface area contributed by atoms with Crippen LogP contribution in [-0.4, -0.2) is 53.7 Å². The topological polar surface area (TPSA) is 30.5 Å². The number of benzene rings is 1. The molecule has 4 nitrogen and oxygen atoms in total. The molecule has 0 aliphatic carbocycles. The number of thiocarbonyl (C=S) groups is 1. The first-order chi connectivity index (χ1) is 13.1. The zero-order chi connectivity index (χ0) is 19.2. The maximum Gasteiger partial charge on any atom is 0.171 e. The summed E-state index contributed by atoms with van der Waals surface area (Å²) in [5, 5.41) is 10.2. The molecule has 1 aromatic heterocycles. The summed E-state index contributed by atoms with van der Waals surface area (Å²) in [4.78, 5) is 6.47. The number of nitrogens with zero attached hydrogens (tertiary/aromatic N) is 2. The fraction of sp³-hybridized carbons (Fsp3) is 0.450. The lowest BCUT2D eigenvalue weighted by Crippen LogP contribution is -2.52. The van der Waals surface area contributed by atoms with Crippen LogP contribution in [0.4, 0.5) is 5.69 Å². The number of halogens is 1. The molecule has 0 spiro atoms. The average Bonchev–Trinajstić information content (AvgIpc) is 3.16. The number of anilines is 1. The van der Waals surface area contributed by atoms with Gasteiger partial charge in [-0.1, -0.05) is 30.7 Å². The van der Waals surface area contributed by atoms with Crippen molar-refractivity contribution in [1.82, 2.24) is 15.1 Å². The van der Waals surface area contributed by atoms with Crippen LogP contribution in [0.15, 0.2) is 41.8 Å². The Labute approximate surface area is 176 Å². The second kappa shape index (κ2) is 9.85. The Bertz CT molecular complexity index is 729. The minimum Gasteiger partial charge on any atom is -0.358 e. The SMILES string of the molecule is CCN1CCN([C@H](c2cccs2)[C@H](C)NC(=S)Nc2cccc(Cl)c2)CC1. The van der Waals surface area contributed by atoms with E-state index in [-0.39, 0.29) is 6.04 Å². The number of likely N-dealkylation sites (N-methyl/N-ethyl adjacent to an activating group) is 1. The van der Waals surface area contributed by atoms with Crippen molar-refractivity contribution >= 4 is 46.0 Å². The molecule has 2 atom stereocenters. The van der Waals surface area contributed by atoms with Gasteiger partial charge in [0, 0.05) is 47.8 Å². The molecule has 2 heterocycles. The van der Waals surface area contributed by atoms with E-state index in [1.165, 1.54) is 4.88 Å². The first kappa shape index (κ1) is 20.6. The van der Waals surface area contributed by atoms with Crippen LogP contribution in [0.25, 0.3) is 0 Å². The standard InChI is InChI=1S/C20H27ClN4S2/c1-3-24-9-11-25(12-10-24)19(18-8-5-13-27-18)15(2)22-20(26)23-17-7-4-6-16(21)14-17/h4-8,13-15,19H,3,9-12H2,1-2H3,(H2,22,23,26)/t15-,19-/m0/s1. The smallest absolute Gasteiger partial charge is 0.171 e. The van der Waals surface area contributed by atoms with Gasteiger partial charge < -0.3 is 15.5 Å². The summed E-state index contributed by atoms with van der Waals surface area (Å²) in [6, 6.07) is 12.5. The van der Waals surface area contributed by atoms with Crippen LogP contribution in [-0.2, 0) is 0 Å². The predicted octanol–water partition coefficient (Wildman–Crippen LogP) is 4.46. The molecule has 27 heavy (non-hydrogen) atoms. The van der Waals surface area contributed by atoms with Gasteiger partial charge in [-0.15, -0.1) is 11.3 Å². The average molecular weight is 423 g/mol. The van der Waals surface area contributed by atoms with E-state index in [4.69, 9.17) is 23.8 Å². The summed E-state index contributed by atoms with van der Waals surface area (Å²) in [5.41, 5.74) is 0.899. The summed E-state index contributed by atoms with van der Waals surface area (Å²) in [5.74, 6) is 0. The molecule has 1 aliphatic rings. The van der Waals surface area contributed by atoms with Crippen molar-refractivity contribution in [2.24, 2.45) is 0 Å². The molecule has 0 bridgehead atoms. The molecule has 146 valence electrons. The van der Waals surface area contributed by atoms with Gasteiger partial charge in [0.15, 0.2) is 5.11 Å². The van der Waals surface area contributed by atoms with Crippen molar-refractivity contribution in [2.45, 2.75) is 25.9 Å². The first-order valence-electron chi connectivity index (χ1n) is 9.39. The Balaban J connectivity index is 1.66. The molecule has 1 aliphatic heterocycles. The number of hydrogen-bond donors (Lipinski definition) is 2. The molecule has 2 aromatic rings. The van der Waals surface area contributed by atoms with Gasteiger partial charge in [-0.3, -0.25) is 4.90 Å². The Morgan fingerprint density at radius 1 is 1.22 bits per heavy atom. The van der Waals surface area contributed by atoms with E-state index in [1.807, 2.05) is 35.6 Å². The lowest BCUT2D eigenvalue weighted by Gasteiger charge is -2.41. The van der Waals surface area contributed by atoms with Gasteiger partial charge in [0.2, 0.25) is 0 Å². The lowest BCUT2D eigenvalue weighted by atomic mass is 10.1.